The van der Waals surface area contributed by atoms with Gasteiger partial charge < -0.3 is 10.6 Å². The van der Waals surface area contributed by atoms with Crippen LogP contribution in [0.3, 0.4) is 0 Å². The summed E-state index contributed by atoms with van der Waals surface area (Å²) in [7, 11) is -3.57. The number of nitrogens with one attached hydrogen (secondary N) is 2. The lowest BCUT2D eigenvalue weighted by Crippen LogP contribution is -2.29. The first-order valence-electron chi connectivity index (χ1n) is 11.1. The molecule has 0 aliphatic carbocycles. The molecule has 0 atom stereocenters. The van der Waals surface area contributed by atoms with E-state index in [1.165, 1.54) is 4.31 Å². The van der Waals surface area contributed by atoms with Crippen LogP contribution in [-0.2, 0) is 16.6 Å². The van der Waals surface area contributed by atoms with E-state index in [-0.39, 0.29) is 18.4 Å². The summed E-state index contributed by atoms with van der Waals surface area (Å²) in [5, 5.41) is 6.08. The summed E-state index contributed by atoms with van der Waals surface area (Å²) in [4.78, 5) is 25.4. The van der Waals surface area contributed by atoms with Gasteiger partial charge in [0.2, 0.25) is 10.0 Å². The third kappa shape index (κ3) is 7.31. The van der Waals surface area contributed by atoms with E-state index in [0.29, 0.717) is 45.6 Å². The van der Waals surface area contributed by atoms with Gasteiger partial charge in [0, 0.05) is 17.1 Å². The smallest absolute Gasteiger partial charge is 0.255 e. The molecule has 0 saturated carbocycles. The van der Waals surface area contributed by atoms with Gasteiger partial charge in [0.05, 0.1) is 29.7 Å². The normalized spacial score (nSPS) is 11.2. The largest absolute Gasteiger partial charge is 0.352 e. The van der Waals surface area contributed by atoms with Gasteiger partial charge in [0.15, 0.2) is 0 Å². The van der Waals surface area contributed by atoms with Gasteiger partial charge in [-0.15, -0.1) is 0 Å². The molecular formula is C26H28ClN3O4S. The molecule has 0 unspecified atom stereocenters. The van der Waals surface area contributed by atoms with Crippen molar-refractivity contribution in [1.82, 2.24) is 5.32 Å². The molecule has 3 rings (SSSR count). The van der Waals surface area contributed by atoms with Crippen LogP contribution in [0.15, 0.2) is 72.8 Å². The number of nitrogens with zero attached hydrogens (tertiary/aromatic N) is 1. The Bertz CT molecular complexity index is 1310. The summed E-state index contributed by atoms with van der Waals surface area (Å²) >= 11 is 6.04. The fraction of sp³-hybridized carbons (Fsp3) is 0.231. The highest BCUT2D eigenvalue weighted by Gasteiger charge is 2.19. The van der Waals surface area contributed by atoms with Crippen LogP contribution in [0, 0.1) is 5.92 Å². The van der Waals surface area contributed by atoms with Crippen molar-refractivity contribution < 1.29 is 18.0 Å². The molecule has 2 amide bonds. The Morgan fingerprint density at radius 1 is 0.943 bits per heavy atom. The number of sulfonamides is 1. The van der Waals surface area contributed by atoms with E-state index < -0.39 is 10.0 Å². The van der Waals surface area contributed by atoms with E-state index in [2.05, 4.69) is 10.6 Å². The lowest BCUT2D eigenvalue weighted by Gasteiger charge is -2.22. The average Bonchev–Trinajstić information content (AvgIpc) is 2.81. The van der Waals surface area contributed by atoms with Crippen molar-refractivity contribution in [1.29, 1.82) is 0 Å². The molecule has 0 spiro atoms. The molecule has 2 N–H and O–H groups in total. The fourth-order valence-corrected chi connectivity index (χ4v) is 4.40. The van der Waals surface area contributed by atoms with Gasteiger partial charge in [-0.25, -0.2) is 8.42 Å². The number of hydrogen-bond acceptors (Lipinski definition) is 4. The molecule has 9 heteroatoms. The van der Waals surface area contributed by atoms with Crippen LogP contribution in [0.5, 0.6) is 0 Å². The molecule has 0 saturated heterocycles. The molecular weight excluding hydrogens is 486 g/mol. The second-order valence-corrected chi connectivity index (χ2v) is 10.9. The van der Waals surface area contributed by atoms with E-state index in [1.54, 1.807) is 72.8 Å². The molecule has 0 heterocycles. The minimum atomic E-state index is -3.57. The highest BCUT2D eigenvalue weighted by molar-refractivity contribution is 7.92. The molecule has 184 valence electrons. The Hall–Kier alpha value is -3.36. The Morgan fingerprint density at radius 2 is 1.63 bits per heavy atom. The Balaban J connectivity index is 1.75. The Morgan fingerprint density at radius 3 is 2.26 bits per heavy atom. The maximum Gasteiger partial charge on any atom is 0.255 e. The number of para-hydroxylation sites is 1. The van der Waals surface area contributed by atoms with Gasteiger partial charge in [-0.05, 0) is 53.9 Å². The lowest BCUT2D eigenvalue weighted by molar-refractivity contribution is 0.0950. The average molecular weight is 514 g/mol. The first kappa shape index (κ1) is 26.2. The van der Waals surface area contributed by atoms with E-state index in [0.717, 1.165) is 6.26 Å². The van der Waals surface area contributed by atoms with Gasteiger partial charge in [0.25, 0.3) is 11.8 Å². The number of benzene rings is 3. The molecule has 0 fully saturated rings. The molecule has 0 aliphatic rings. The maximum absolute atomic E-state index is 12.8. The van der Waals surface area contributed by atoms with E-state index in [1.807, 2.05) is 13.8 Å². The zero-order valence-corrected chi connectivity index (χ0v) is 21.4. The van der Waals surface area contributed by atoms with Crippen molar-refractivity contribution in [2.45, 2.75) is 20.4 Å². The zero-order chi connectivity index (χ0) is 25.6. The molecule has 0 aromatic heterocycles. The fourth-order valence-electron chi connectivity index (χ4n) is 3.34. The van der Waals surface area contributed by atoms with Crippen molar-refractivity contribution in [3.63, 3.8) is 0 Å². The Labute approximate surface area is 211 Å². The van der Waals surface area contributed by atoms with Crippen LogP contribution in [0.1, 0.15) is 40.1 Å². The van der Waals surface area contributed by atoms with E-state index >= 15 is 0 Å². The topological polar surface area (TPSA) is 95.6 Å². The zero-order valence-electron chi connectivity index (χ0n) is 19.8. The summed E-state index contributed by atoms with van der Waals surface area (Å²) in [6.45, 7) is 4.62. The van der Waals surface area contributed by atoms with Gasteiger partial charge in [0.1, 0.15) is 0 Å². The number of hydrogen-bond donors (Lipinski definition) is 2. The quantitative estimate of drug-likeness (QED) is 0.423. The molecule has 3 aromatic carbocycles. The van der Waals surface area contributed by atoms with Crippen LogP contribution in [0.25, 0.3) is 0 Å². The standard InChI is InChI=1S/C26H28ClN3O4S/c1-18(2)16-28-26(32)23-9-4-5-10-24(23)29-25(31)20-13-11-19(12-14-20)17-30(35(3,33)34)22-8-6-7-21(27)15-22/h4-15,18H,16-17H2,1-3H3,(H,28,32)(H,29,31). The van der Waals surface area contributed by atoms with Gasteiger partial charge in [-0.1, -0.05) is 55.8 Å². The van der Waals surface area contributed by atoms with E-state index in [4.69, 9.17) is 11.6 Å². The third-order valence-electron chi connectivity index (χ3n) is 5.13. The number of halogens is 1. The Kier molecular flexibility index (Phi) is 8.53. The predicted octanol–water partition coefficient (Wildman–Crippen LogP) is 4.94. The summed E-state index contributed by atoms with van der Waals surface area (Å²) < 4.78 is 26.0. The summed E-state index contributed by atoms with van der Waals surface area (Å²) in [6.07, 6.45) is 1.13. The first-order valence-corrected chi connectivity index (χ1v) is 13.3. The monoisotopic (exact) mass is 513 g/mol. The van der Waals surface area contributed by atoms with Crippen molar-refractivity contribution in [2.75, 3.05) is 22.4 Å². The maximum atomic E-state index is 12.8. The van der Waals surface area contributed by atoms with Crippen LogP contribution in [0.4, 0.5) is 11.4 Å². The van der Waals surface area contributed by atoms with Gasteiger partial charge in [-0.2, -0.15) is 0 Å². The second kappa shape index (κ2) is 11.4. The van der Waals surface area contributed by atoms with Gasteiger partial charge in [-0.3, -0.25) is 13.9 Å². The molecule has 7 nitrogen and oxygen atoms in total. The summed E-state index contributed by atoms with van der Waals surface area (Å²) in [5.74, 6) is -0.334. The van der Waals surface area contributed by atoms with Crippen molar-refractivity contribution in [2.24, 2.45) is 5.92 Å². The SMILES string of the molecule is CC(C)CNC(=O)c1ccccc1NC(=O)c1ccc(CN(c2cccc(Cl)c2)S(C)(=O)=O)cc1. The molecule has 3 aromatic rings. The van der Waals surface area contributed by atoms with E-state index in [9.17, 15) is 18.0 Å². The molecule has 0 radical (unpaired) electrons. The van der Waals surface area contributed by atoms with Crippen molar-refractivity contribution >= 4 is 44.8 Å². The van der Waals surface area contributed by atoms with Crippen LogP contribution in [0.2, 0.25) is 5.02 Å². The van der Waals surface area contributed by atoms with Crippen LogP contribution < -0.4 is 14.9 Å². The molecule has 0 bridgehead atoms. The van der Waals surface area contributed by atoms with Crippen LogP contribution >= 0.6 is 11.6 Å². The predicted molar refractivity (Wildman–Crippen MR) is 140 cm³/mol. The minimum Gasteiger partial charge on any atom is -0.352 e. The highest BCUT2D eigenvalue weighted by atomic mass is 35.5. The number of amides is 2. The third-order valence-corrected chi connectivity index (χ3v) is 6.51. The molecule has 0 aliphatic heterocycles. The first-order chi connectivity index (χ1) is 16.5. The highest BCUT2D eigenvalue weighted by Crippen LogP contribution is 2.24. The van der Waals surface area contributed by atoms with Crippen LogP contribution in [-0.4, -0.2) is 33.0 Å². The minimum absolute atomic E-state index is 0.0833. The number of rotatable bonds is 9. The summed E-state index contributed by atoms with van der Waals surface area (Å²) in [6, 6.07) is 20.0. The number of carbonyl (C=O) groups is 2. The molecule has 35 heavy (non-hydrogen) atoms. The second-order valence-electron chi connectivity index (χ2n) is 8.55. The van der Waals surface area contributed by atoms with Crippen molar-refractivity contribution in [3.05, 3.63) is 94.5 Å². The van der Waals surface area contributed by atoms with Gasteiger partial charge >= 0.3 is 0 Å². The lowest BCUT2D eigenvalue weighted by atomic mass is 10.1. The number of carbonyl (C=O) groups excluding carboxylic acids is 2. The number of anilines is 2. The van der Waals surface area contributed by atoms with Crippen molar-refractivity contribution in [3.8, 4) is 0 Å². The summed E-state index contributed by atoms with van der Waals surface area (Å²) in [5.41, 5.74) is 2.31.